The standard InChI is InChI=1S/C17H16FNO2S/c18-13-5-3-6-14(11-13)21-9-8-19-17(20)16-10-12-4-1-2-7-15(12)22-16/h1-7,11,16H,8-10H2,(H,19,20)/t16-/m1/s1. The third-order valence-electron chi connectivity index (χ3n) is 3.41. The predicted molar refractivity (Wildman–Crippen MR) is 84.7 cm³/mol. The number of nitrogens with one attached hydrogen (secondary N) is 1. The van der Waals surface area contributed by atoms with Crippen molar-refractivity contribution in [1.29, 1.82) is 0 Å². The second kappa shape index (κ2) is 6.83. The number of rotatable bonds is 5. The van der Waals surface area contributed by atoms with Gasteiger partial charge in [0.2, 0.25) is 5.91 Å². The van der Waals surface area contributed by atoms with Crippen LogP contribution >= 0.6 is 11.8 Å². The molecular formula is C17H16FNO2S. The Hall–Kier alpha value is -2.01. The van der Waals surface area contributed by atoms with Crippen molar-refractivity contribution in [2.24, 2.45) is 0 Å². The Morgan fingerprint density at radius 2 is 2.14 bits per heavy atom. The Labute approximate surface area is 132 Å². The number of ether oxygens (including phenoxy) is 1. The van der Waals surface area contributed by atoms with Crippen molar-refractivity contribution < 1.29 is 13.9 Å². The molecule has 22 heavy (non-hydrogen) atoms. The summed E-state index contributed by atoms with van der Waals surface area (Å²) in [5.41, 5.74) is 1.23. The number of carbonyl (C=O) groups excluding carboxylic acids is 1. The normalized spacial score (nSPS) is 16.1. The fraction of sp³-hybridized carbons (Fsp3) is 0.235. The van der Waals surface area contributed by atoms with E-state index in [1.54, 1.807) is 23.9 Å². The van der Waals surface area contributed by atoms with Crippen molar-refractivity contribution in [3.05, 3.63) is 59.9 Å². The third-order valence-corrected chi connectivity index (χ3v) is 4.72. The molecule has 0 spiro atoms. The number of hydrogen-bond donors (Lipinski definition) is 1. The Kier molecular flexibility index (Phi) is 4.63. The summed E-state index contributed by atoms with van der Waals surface area (Å²) in [7, 11) is 0. The molecule has 0 unspecified atom stereocenters. The molecule has 0 radical (unpaired) electrons. The largest absolute Gasteiger partial charge is 0.492 e. The van der Waals surface area contributed by atoms with Gasteiger partial charge in [-0.1, -0.05) is 24.3 Å². The van der Waals surface area contributed by atoms with Gasteiger partial charge in [-0.25, -0.2) is 4.39 Å². The van der Waals surface area contributed by atoms with Gasteiger partial charge in [0.05, 0.1) is 11.8 Å². The smallest absolute Gasteiger partial charge is 0.233 e. The van der Waals surface area contributed by atoms with Crippen molar-refractivity contribution in [3.8, 4) is 5.75 Å². The van der Waals surface area contributed by atoms with Crippen LogP contribution in [0.5, 0.6) is 5.75 Å². The van der Waals surface area contributed by atoms with Crippen molar-refractivity contribution in [2.75, 3.05) is 13.2 Å². The Balaban J connectivity index is 1.42. The van der Waals surface area contributed by atoms with Crippen LogP contribution in [-0.2, 0) is 11.2 Å². The van der Waals surface area contributed by atoms with Crippen LogP contribution in [0.2, 0.25) is 0 Å². The number of fused-ring (bicyclic) bond motifs is 1. The molecule has 3 nitrogen and oxygen atoms in total. The summed E-state index contributed by atoms with van der Waals surface area (Å²) < 4.78 is 18.4. The second-order valence-corrected chi connectivity index (χ2v) is 6.26. The van der Waals surface area contributed by atoms with Gasteiger partial charge in [0, 0.05) is 11.0 Å². The molecule has 0 bridgehead atoms. The lowest BCUT2D eigenvalue weighted by molar-refractivity contribution is -0.120. The molecule has 3 rings (SSSR count). The number of carbonyl (C=O) groups is 1. The Morgan fingerprint density at radius 1 is 1.27 bits per heavy atom. The molecular weight excluding hydrogens is 301 g/mol. The number of halogens is 1. The summed E-state index contributed by atoms with van der Waals surface area (Å²) >= 11 is 1.60. The number of thioether (sulfide) groups is 1. The van der Waals surface area contributed by atoms with Gasteiger partial charge in [-0.3, -0.25) is 4.79 Å². The van der Waals surface area contributed by atoms with Gasteiger partial charge in [0.25, 0.3) is 0 Å². The fourth-order valence-electron chi connectivity index (χ4n) is 2.34. The van der Waals surface area contributed by atoms with Crippen LogP contribution in [0.1, 0.15) is 5.56 Å². The van der Waals surface area contributed by atoms with E-state index >= 15 is 0 Å². The molecule has 1 atom stereocenters. The fourth-order valence-corrected chi connectivity index (χ4v) is 3.56. The lowest BCUT2D eigenvalue weighted by atomic mass is 10.1. The summed E-state index contributed by atoms with van der Waals surface area (Å²) in [5, 5.41) is 2.79. The van der Waals surface area contributed by atoms with E-state index in [2.05, 4.69) is 11.4 Å². The van der Waals surface area contributed by atoms with Crippen LogP contribution in [0, 0.1) is 5.82 Å². The van der Waals surface area contributed by atoms with Crippen molar-refractivity contribution in [2.45, 2.75) is 16.6 Å². The highest BCUT2D eigenvalue weighted by Gasteiger charge is 2.27. The lowest BCUT2D eigenvalue weighted by Crippen LogP contribution is -2.35. The predicted octanol–water partition coefficient (Wildman–Crippen LogP) is 3.04. The van der Waals surface area contributed by atoms with Crippen molar-refractivity contribution in [3.63, 3.8) is 0 Å². The average Bonchev–Trinajstić information content (AvgIpc) is 2.95. The Morgan fingerprint density at radius 3 is 2.95 bits per heavy atom. The molecule has 114 valence electrons. The van der Waals surface area contributed by atoms with E-state index in [0.717, 1.165) is 6.42 Å². The molecule has 1 aliphatic rings. The van der Waals surface area contributed by atoms with Gasteiger partial charge in [-0.15, -0.1) is 11.8 Å². The van der Waals surface area contributed by atoms with Gasteiger partial charge < -0.3 is 10.1 Å². The van der Waals surface area contributed by atoms with E-state index < -0.39 is 0 Å². The number of hydrogen-bond acceptors (Lipinski definition) is 3. The molecule has 5 heteroatoms. The van der Waals surface area contributed by atoms with Crippen LogP contribution in [0.4, 0.5) is 4.39 Å². The Bertz CT molecular complexity index is 652. The van der Waals surface area contributed by atoms with Crippen molar-refractivity contribution in [1.82, 2.24) is 5.32 Å². The van der Waals surface area contributed by atoms with Crippen LogP contribution in [0.25, 0.3) is 0 Å². The molecule has 2 aromatic carbocycles. The van der Waals surface area contributed by atoms with E-state index in [1.165, 1.54) is 22.6 Å². The summed E-state index contributed by atoms with van der Waals surface area (Å²) in [4.78, 5) is 13.3. The number of amides is 1. The first-order valence-corrected chi connectivity index (χ1v) is 8.01. The molecule has 0 fully saturated rings. The van der Waals surface area contributed by atoms with Crippen LogP contribution in [-0.4, -0.2) is 24.3 Å². The van der Waals surface area contributed by atoms with Gasteiger partial charge in [-0.2, -0.15) is 0 Å². The van der Waals surface area contributed by atoms with Gasteiger partial charge >= 0.3 is 0 Å². The molecule has 0 aromatic heterocycles. The van der Waals surface area contributed by atoms with Crippen LogP contribution in [0.3, 0.4) is 0 Å². The molecule has 1 N–H and O–H groups in total. The highest BCUT2D eigenvalue weighted by molar-refractivity contribution is 8.01. The quantitative estimate of drug-likeness (QED) is 0.862. The summed E-state index contributed by atoms with van der Waals surface area (Å²) in [6.45, 7) is 0.724. The van der Waals surface area contributed by atoms with E-state index in [9.17, 15) is 9.18 Å². The summed E-state index contributed by atoms with van der Waals surface area (Å²) in [5.74, 6) is 0.155. The van der Waals surface area contributed by atoms with E-state index in [0.29, 0.717) is 18.9 Å². The van der Waals surface area contributed by atoms with Crippen LogP contribution in [0.15, 0.2) is 53.4 Å². The molecule has 0 aliphatic carbocycles. The first kappa shape index (κ1) is 14.9. The van der Waals surface area contributed by atoms with Crippen LogP contribution < -0.4 is 10.1 Å². The minimum Gasteiger partial charge on any atom is -0.492 e. The molecule has 2 aromatic rings. The highest BCUT2D eigenvalue weighted by Crippen LogP contribution is 2.36. The monoisotopic (exact) mass is 317 g/mol. The zero-order chi connectivity index (χ0) is 15.4. The molecule has 1 heterocycles. The lowest BCUT2D eigenvalue weighted by Gasteiger charge is -2.11. The molecule has 0 saturated carbocycles. The SMILES string of the molecule is O=C(NCCOc1cccc(F)c1)[C@H]1Cc2ccccc2S1. The van der Waals surface area contributed by atoms with E-state index in [1.807, 2.05) is 18.2 Å². The first-order valence-electron chi connectivity index (χ1n) is 7.13. The van der Waals surface area contributed by atoms with Gasteiger partial charge in [-0.05, 0) is 30.2 Å². The van der Waals surface area contributed by atoms with Gasteiger partial charge in [0.15, 0.2) is 0 Å². The summed E-state index contributed by atoms with van der Waals surface area (Å²) in [6, 6.07) is 14.0. The first-order chi connectivity index (χ1) is 10.7. The highest BCUT2D eigenvalue weighted by atomic mass is 32.2. The van der Waals surface area contributed by atoms with E-state index in [-0.39, 0.29) is 17.0 Å². The molecule has 1 amide bonds. The molecule has 0 saturated heterocycles. The maximum atomic E-state index is 13.0. The number of benzene rings is 2. The minimum absolute atomic E-state index is 0.0176. The zero-order valence-electron chi connectivity index (χ0n) is 11.9. The van der Waals surface area contributed by atoms with Crippen molar-refractivity contribution >= 4 is 17.7 Å². The van der Waals surface area contributed by atoms with E-state index in [4.69, 9.17) is 4.74 Å². The topological polar surface area (TPSA) is 38.3 Å². The second-order valence-electron chi connectivity index (χ2n) is 5.02. The summed E-state index contributed by atoms with van der Waals surface area (Å²) in [6.07, 6.45) is 0.761. The maximum absolute atomic E-state index is 13.0. The molecule has 1 aliphatic heterocycles. The maximum Gasteiger partial charge on any atom is 0.233 e. The zero-order valence-corrected chi connectivity index (χ0v) is 12.7. The third kappa shape index (κ3) is 3.60. The minimum atomic E-state index is -0.332. The average molecular weight is 317 g/mol. The van der Waals surface area contributed by atoms with Gasteiger partial charge in [0.1, 0.15) is 18.2 Å².